The summed E-state index contributed by atoms with van der Waals surface area (Å²) in [6.07, 6.45) is 5.04. The second kappa shape index (κ2) is 2.58. The van der Waals surface area contributed by atoms with Gasteiger partial charge in [-0.25, -0.2) is 0 Å². The van der Waals surface area contributed by atoms with Crippen molar-refractivity contribution < 1.29 is 9.47 Å². The third-order valence-corrected chi connectivity index (χ3v) is 1.05. The van der Waals surface area contributed by atoms with Crippen molar-refractivity contribution in [3.63, 3.8) is 0 Å². The van der Waals surface area contributed by atoms with Crippen molar-refractivity contribution in [3.05, 3.63) is 24.2 Å². The van der Waals surface area contributed by atoms with Gasteiger partial charge in [-0.15, -0.1) is 0 Å². The first-order valence-corrected chi connectivity index (χ1v) is 2.93. The average Bonchev–Trinajstić information content (AvgIpc) is 1.97. The molecule has 0 radical (unpaired) electrons. The van der Waals surface area contributed by atoms with E-state index in [9.17, 15) is 0 Å². The van der Waals surface area contributed by atoms with Crippen molar-refractivity contribution in [2.24, 2.45) is 0 Å². The van der Waals surface area contributed by atoms with Gasteiger partial charge in [-0.3, -0.25) is 0 Å². The zero-order valence-electron chi connectivity index (χ0n) is 5.63. The van der Waals surface area contributed by atoms with E-state index in [1.54, 1.807) is 12.5 Å². The maximum atomic E-state index is 5.07. The van der Waals surface area contributed by atoms with Crippen LogP contribution in [0.25, 0.3) is 0 Å². The third-order valence-electron chi connectivity index (χ3n) is 1.05. The molecular weight excluding hydrogens is 116 g/mol. The monoisotopic (exact) mass is 126 g/mol. The van der Waals surface area contributed by atoms with E-state index in [1.165, 1.54) is 0 Å². The fourth-order valence-corrected chi connectivity index (χ4v) is 0.532. The van der Waals surface area contributed by atoms with Crippen LogP contribution in [0.2, 0.25) is 0 Å². The molecule has 0 aromatic carbocycles. The van der Waals surface area contributed by atoms with E-state index in [-0.39, 0.29) is 6.29 Å². The van der Waals surface area contributed by atoms with Gasteiger partial charge in [0, 0.05) is 6.92 Å². The first kappa shape index (κ1) is 6.20. The third kappa shape index (κ3) is 1.80. The molecule has 0 saturated heterocycles. The Hall–Kier alpha value is -0.920. The quantitative estimate of drug-likeness (QED) is 0.492. The summed E-state index contributed by atoms with van der Waals surface area (Å²) in [7, 11) is 0. The molecule has 1 heterocycles. The zero-order chi connectivity index (χ0) is 6.69. The predicted molar refractivity (Wildman–Crippen MR) is 34.5 cm³/mol. The van der Waals surface area contributed by atoms with Crippen LogP contribution in [-0.4, -0.2) is 6.29 Å². The minimum Gasteiger partial charge on any atom is -0.463 e. The van der Waals surface area contributed by atoms with Gasteiger partial charge in [0.15, 0.2) is 0 Å². The van der Waals surface area contributed by atoms with Crippen LogP contribution in [0.15, 0.2) is 24.2 Å². The molecule has 2 nitrogen and oxygen atoms in total. The van der Waals surface area contributed by atoms with E-state index in [2.05, 4.69) is 0 Å². The first-order valence-electron chi connectivity index (χ1n) is 2.93. The summed E-state index contributed by atoms with van der Waals surface area (Å²) in [6, 6.07) is 0. The number of ether oxygens (including phenoxy) is 2. The van der Waals surface area contributed by atoms with Crippen molar-refractivity contribution in [2.45, 2.75) is 20.1 Å². The van der Waals surface area contributed by atoms with Gasteiger partial charge in [-0.05, 0) is 18.6 Å². The molecule has 0 bridgehead atoms. The molecule has 1 aliphatic heterocycles. The van der Waals surface area contributed by atoms with Crippen LogP contribution in [0.5, 0.6) is 0 Å². The molecule has 50 valence electrons. The molecule has 0 saturated carbocycles. The number of rotatable bonds is 0. The van der Waals surface area contributed by atoms with Crippen LogP contribution in [0.4, 0.5) is 0 Å². The highest BCUT2D eigenvalue weighted by atomic mass is 16.7. The maximum absolute atomic E-state index is 5.07. The molecule has 0 aromatic heterocycles. The average molecular weight is 126 g/mol. The van der Waals surface area contributed by atoms with Crippen molar-refractivity contribution in [1.29, 1.82) is 0 Å². The fourth-order valence-electron chi connectivity index (χ4n) is 0.532. The molecule has 1 atom stereocenters. The molecule has 0 N–H and O–H groups in total. The number of hydrogen-bond donors (Lipinski definition) is 0. The van der Waals surface area contributed by atoms with Gasteiger partial charge in [-0.1, -0.05) is 0 Å². The van der Waals surface area contributed by atoms with Gasteiger partial charge >= 0.3 is 0 Å². The van der Waals surface area contributed by atoms with Crippen LogP contribution in [-0.2, 0) is 9.47 Å². The van der Waals surface area contributed by atoms with Gasteiger partial charge in [0.1, 0.15) is 0 Å². The SMILES string of the molecule is CC1=COC(C)OC=C1. The summed E-state index contributed by atoms with van der Waals surface area (Å²) in [6.45, 7) is 3.80. The van der Waals surface area contributed by atoms with E-state index in [4.69, 9.17) is 9.47 Å². The Labute approximate surface area is 54.8 Å². The van der Waals surface area contributed by atoms with E-state index in [0.717, 1.165) is 5.57 Å². The highest BCUT2D eigenvalue weighted by Crippen LogP contribution is 2.05. The van der Waals surface area contributed by atoms with Gasteiger partial charge in [-0.2, -0.15) is 0 Å². The minimum absolute atomic E-state index is 0.154. The van der Waals surface area contributed by atoms with E-state index in [0.29, 0.717) is 0 Å². The molecule has 0 fully saturated rings. The molecule has 0 aromatic rings. The molecular formula is C7H10O2. The van der Waals surface area contributed by atoms with Crippen molar-refractivity contribution >= 4 is 0 Å². The molecule has 1 rings (SSSR count). The van der Waals surface area contributed by atoms with Crippen LogP contribution >= 0.6 is 0 Å². The zero-order valence-corrected chi connectivity index (χ0v) is 5.63. The highest BCUT2D eigenvalue weighted by molar-refractivity contribution is 5.12. The first-order chi connectivity index (χ1) is 4.29. The molecule has 0 spiro atoms. The lowest BCUT2D eigenvalue weighted by Gasteiger charge is -2.07. The molecule has 2 heteroatoms. The maximum Gasteiger partial charge on any atom is 0.236 e. The lowest BCUT2D eigenvalue weighted by Crippen LogP contribution is -2.03. The van der Waals surface area contributed by atoms with Gasteiger partial charge in [0.25, 0.3) is 0 Å². The van der Waals surface area contributed by atoms with Crippen LogP contribution in [0.1, 0.15) is 13.8 Å². The fraction of sp³-hybridized carbons (Fsp3) is 0.429. The van der Waals surface area contributed by atoms with Crippen molar-refractivity contribution in [3.8, 4) is 0 Å². The Bertz CT molecular complexity index is 147. The van der Waals surface area contributed by atoms with E-state index in [1.807, 2.05) is 19.9 Å². The van der Waals surface area contributed by atoms with Gasteiger partial charge in [0.05, 0.1) is 12.5 Å². The number of allylic oxidation sites excluding steroid dienone is 2. The normalized spacial score (nSPS) is 25.6. The Balaban J connectivity index is 2.58. The summed E-state index contributed by atoms with van der Waals surface area (Å²) >= 11 is 0. The standard InChI is InChI=1S/C7H10O2/c1-6-3-4-8-7(2)9-5-6/h3-5,7H,1-2H3. The smallest absolute Gasteiger partial charge is 0.236 e. The second-order valence-electron chi connectivity index (χ2n) is 2.00. The minimum atomic E-state index is -0.154. The molecule has 1 aliphatic rings. The molecule has 0 amide bonds. The predicted octanol–water partition coefficient (Wildman–Crippen LogP) is 1.80. The molecule has 0 aliphatic carbocycles. The van der Waals surface area contributed by atoms with Gasteiger partial charge in [0.2, 0.25) is 6.29 Å². The summed E-state index contributed by atoms with van der Waals surface area (Å²) in [5.74, 6) is 0. The van der Waals surface area contributed by atoms with Crippen LogP contribution in [0.3, 0.4) is 0 Å². The number of hydrogen-bond acceptors (Lipinski definition) is 2. The lowest BCUT2D eigenvalue weighted by molar-refractivity contribution is -0.0437. The largest absolute Gasteiger partial charge is 0.463 e. The summed E-state index contributed by atoms with van der Waals surface area (Å²) in [5.41, 5.74) is 1.07. The van der Waals surface area contributed by atoms with E-state index >= 15 is 0 Å². The molecule has 1 unspecified atom stereocenters. The summed E-state index contributed by atoms with van der Waals surface area (Å²) < 4.78 is 10.1. The van der Waals surface area contributed by atoms with Crippen molar-refractivity contribution in [2.75, 3.05) is 0 Å². The topological polar surface area (TPSA) is 18.5 Å². The van der Waals surface area contributed by atoms with Crippen LogP contribution < -0.4 is 0 Å². The Kier molecular flexibility index (Phi) is 1.78. The lowest BCUT2D eigenvalue weighted by atomic mass is 10.3. The Morgan fingerprint density at radius 1 is 1.44 bits per heavy atom. The summed E-state index contributed by atoms with van der Waals surface area (Å²) in [4.78, 5) is 0. The summed E-state index contributed by atoms with van der Waals surface area (Å²) in [5, 5.41) is 0. The highest BCUT2D eigenvalue weighted by Gasteiger charge is 1.99. The van der Waals surface area contributed by atoms with Crippen molar-refractivity contribution in [1.82, 2.24) is 0 Å². The molecule has 9 heavy (non-hydrogen) atoms. The second-order valence-corrected chi connectivity index (χ2v) is 2.00. The van der Waals surface area contributed by atoms with E-state index < -0.39 is 0 Å². The van der Waals surface area contributed by atoms with Gasteiger partial charge < -0.3 is 9.47 Å². The Morgan fingerprint density at radius 2 is 2.22 bits per heavy atom. The Morgan fingerprint density at radius 3 is 3.00 bits per heavy atom. The van der Waals surface area contributed by atoms with Crippen LogP contribution in [0, 0.1) is 0 Å².